The standard InChI is InChI=1S/C13H23N3O/c1-9-7-11(3)12(15-8-9)13(16-14)10(2)5-6-17-4/h7-8,10,13,16H,5-6,14H2,1-4H3. The van der Waals surface area contributed by atoms with E-state index in [9.17, 15) is 0 Å². The quantitative estimate of drug-likeness (QED) is 0.586. The van der Waals surface area contributed by atoms with Crippen LogP contribution in [0.1, 0.15) is 36.2 Å². The van der Waals surface area contributed by atoms with Gasteiger partial charge in [-0.15, -0.1) is 0 Å². The lowest BCUT2D eigenvalue weighted by molar-refractivity contribution is 0.169. The third kappa shape index (κ3) is 3.77. The van der Waals surface area contributed by atoms with Gasteiger partial charge in [0, 0.05) is 19.9 Å². The summed E-state index contributed by atoms with van der Waals surface area (Å²) in [6, 6.07) is 2.21. The minimum Gasteiger partial charge on any atom is -0.385 e. The van der Waals surface area contributed by atoms with Crippen LogP contribution in [0.2, 0.25) is 0 Å². The van der Waals surface area contributed by atoms with Gasteiger partial charge in [0.2, 0.25) is 0 Å². The molecule has 0 spiro atoms. The molecular weight excluding hydrogens is 214 g/mol. The molecule has 4 nitrogen and oxygen atoms in total. The van der Waals surface area contributed by atoms with Crippen molar-refractivity contribution in [2.75, 3.05) is 13.7 Å². The van der Waals surface area contributed by atoms with E-state index in [1.807, 2.05) is 13.1 Å². The van der Waals surface area contributed by atoms with E-state index in [0.717, 1.165) is 18.7 Å². The van der Waals surface area contributed by atoms with Crippen molar-refractivity contribution in [1.29, 1.82) is 0 Å². The van der Waals surface area contributed by atoms with E-state index in [1.54, 1.807) is 7.11 Å². The summed E-state index contributed by atoms with van der Waals surface area (Å²) in [5.74, 6) is 6.04. The Bertz CT molecular complexity index is 355. The smallest absolute Gasteiger partial charge is 0.0661 e. The van der Waals surface area contributed by atoms with Crippen molar-refractivity contribution in [1.82, 2.24) is 10.4 Å². The molecule has 0 saturated heterocycles. The molecule has 0 aliphatic heterocycles. The van der Waals surface area contributed by atoms with E-state index >= 15 is 0 Å². The summed E-state index contributed by atoms with van der Waals surface area (Å²) < 4.78 is 5.10. The molecule has 1 aromatic heterocycles. The van der Waals surface area contributed by atoms with Gasteiger partial charge in [-0.1, -0.05) is 13.0 Å². The van der Waals surface area contributed by atoms with Crippen LogP contribution in [0.5, 0.6) is 0 Å². The van der Waals surface area contributed by atoms with Gasteiger partial charge in [-0.2, -0.15) is 0 Å². The molecule has 0 aromatic carbocycles. The van der Waals surface area contributed by atoms with Crippen molar-refractivity contribution in [3.63, 3.8) is 0 Å². The number of aryl methyl sites for hydroxylation is 2. The van der Waals surface area contributed by atoms with E-state index in [1.165, 1.54) is 11.1 Å². The van der Waals surface area contributed by atoms with Crippen LogP contribution in [0, 0.1) is 19.8 Å². The van der Waals surface area contributed by atoms with Crippen LogP contribution in [-0.2, 0) is 4.74 Å². The second-order valence-electron chi connectivity index (χ2n) is 4.62. The zero-order valence-corrected chi connectivity index (χ0v) is 11.2. The summed E-state index contributed by atoms with van der Waals surface area (Å²) in [6.07, 6.45) is 2.84. The molecule has 17 heavy (non-hydrogen) atoms. The highest BCUT2D eigenvalue weighted by atomic mass is 16.5. The topological polar surface area (TPSA) is 60.2 Å². The van der Waals surface area contributed by atoms with Crippen LogP contribution in [0.25, 0.3) is 0 Å². The van der Waals surface area contributed by atoms with Gasteiger partial charge in [-0.25, -0.2) is 0 Å². The third-order valence-electron chi connectivity index (χ3n) is 3.08. The number of nitrogens with one attached hydrogen (secondary N) is 1. The van der Waals surface area contributed by atoms with Crippen molar-refractivity contribution in [3.8, 4) is 0 Å². The molecule has 96 valence electrons. The number of ether oxygens (including phenoxy) is 1. The molecule has 1 rings (SSSR count). The summed E-state index contributed by atoms with van der Waals surface area (Å²) >= 11 is 0. The molecule has 2 atom stereocenters. The van der Waals surface area contributed by atoms with Gasteiger partial charge in [0.05, 0.1) is 11.7 Å². The fourth-order valence-electron chi connectivity index (χ4n) is 2.03. The second-order valence-corrected chi connectivity index (χ2v) is 4.62. The first kappa shape index (κ1) is 14.1. The summed E-state index contributed by atoms with van der Waals surface area (Å²) in [4.78, 5) is 4.49. The molecule has 4 heteroatoms. The van der Waals surface area contributed by atoms with E-state index in [4.69, 9.17) is 10.6 Å². The molecule has 3 N–H and O–H groups in total. The van der Waals surface area contributed by atoms with E-state index < -0.39 is 0 Å². The summed E-state index contributed by atoms with van der Waals surface area (Å²) in [5.41, 5.74) is 6.25. The number of rotatable bonds is 6. The first-order chi connectivity index (χ1) is 8.10. The lowest BCUT2D eigenvalue weighted by atomic mass is 9.93. The molecule has 0 saturated carbocycles. The average Bonchev–Trinajstić information content (AvgIpc) is 2.30. The Morgan fingerprint density at radius 2 is 2.18 bits per heavy atom. The van der Waals surface area contributed by atoms with Gasteiger partial charge in [-0.05, 0) is 37.3 Å². The van der Waals surface area contributed by atoms with E-state index in [2.05, 4.69) is 30.3 Å². The van der Waals surface area contributed by atoms with Crippen LogP contribution >= 0.6 is 0 Å². The Balaban J connectivity index is 2.85. The van der Waals surface area contributed by atoms with Crippen LogP contribution < -0.4 is 11.3 Å². The van der Waals surface area contributed by atoms with Crippen LogP contribution in [0.4, 0.5) is 0 Å². The third-order valence-corrected chi connectivity index (χ3v) is 3.08. The highest BCUT2D eigenvalue weighted by Gasteiger charge is 2.20. The predicted octanol–water partition coefficient (Wildman–Crippen LogP) is 1.88. The number of nitrogens with zero attached hydrogens (tertiary/aromatic N) is 1. The fourth-order valence-corrected chi connectivity index (χ4v) is 2.03. The van der Waals surface area contributed by atoms with Crippen LogP contribution in [-0.4, -0.2) is 18.7 Å². The molecule has 1 aromatic rings. The minimum absolute atomic E-state index is 0.0748. The van der Waals surface area contributed by atoms with Crippen molar-refractivity contribution in [3.05, 3.63) is 29.1 Å². The van der Waals surface area contributed by atoms with Gasteiger partial charge in [0.1, 0.15) is 0 Å². The lowest BCUT2D eigenvalue weighted by Gasteiger charge is -2.24. The predicted molar refractivity (Wildman–Crippen MR) is 69.4 cm³/mol. The maximum Gasteiger partial charge on any atom is 0.0661 e. The highest BCUT2D eigenvalue weighted by Crippen LogP contribution is 2.25. The second kappa shape index (κ2) is 6.69. The number of methoxy groups -OCH3 is 1. The monoisotopic (exact) mass is 237 g/mol. The number of hydrogen-bond acceptors (Lipinski definition) is 4. The zero-order chi connectivity index (χ0) is 12.8. The van der Waals surface area contributed by atoms with Crippen LogP contribution in [0.15, 0.2) is 12.3 Å². The van der Waals surface area contributed by atoms with E-state index in [0.29, 0.717) is 5.92 Å². The Labute approximate surface area is 104 Å². The fraction of sp³-hybridized carbons (Fsp3) is 0.615. The molecule has 2 unspecified atom stereocenters. The van der Waals surface area contributed by atoms with E-state index in [-0.39, 0.29) is 6.04 Å². The molecule has 1 heterocycles. The molecular formula is C13H23N3O. The first-order valence-electron chi connectivity index (χ1n) is 5.98. The number of hydrazine groups is 1. The number of hydrogen-bond donors (Lipinski definition) is 2. The number of nitrogens with two attached hydrogens (primary N) is 1. The van der Waals surface area contributed by atoms with Gasteiger partial charge in [0.15, 0.2) is 0 Å². The maximum atomic E-state index is 5.65. The highest BCUT2D eigenvalue weighted by molar-refractivity contribution is 5.25. The van der Waals surface area contributed by atoms with Gasteiger partial charge in [0.25, 0.3) is 0 Å². The Morgan fingerprint density at radius 1 is 1.47 bits per heavy atom. The summed E-state index contributed by atoms with van der Waals surface area (Å²) in [7, 11) is 1.72. The lowest BCUT2D eigenvalue weighted by Crippen LogP contribution is -2.34. The van der Waals surface area contributed by atoms with Gasteiger partial charge in [-0.3, -0.25) is 16.3 Å². The van der Waals surface area contributed by atoms with Crippen molar-refractivity contribution < 1.29 is 4.74 Å². The van der Waals surface area contributed by atoms with Crippen molar-refractivity contribution in [2.45, 2.75) is 33.2 Å². The Kier molecular flexibility index (Phi) is 5.55. The molecule has 0 bridgehead atoms. The maximum absolute atomic E-state index is 5.65. The normalized spacial score (nSPS) is 14.6. The van der Waals surface area contributed by atoms with Crippen molar-refractivity contribution in [2.24, 2.45) is 11.8 Å². The average molecular weight is 237 g/mol. The van der Waals surface area contributed by atoms with Crippen LogP contribution in [0.3, 0.4) is 0 Å². The van der Waals surface area contributed by atoms with Gasteiger partial charge < -0.3 is 4.74 Å². The molecule has 0 fully saturated rings. The largest absolute Gasteiger partial charge is 0.385 e. The summed E-state index contributed by atoms with van der Waals surface area (Å²) in [6.45, 7) is 7.01. The Morgan fingerprint density at radius 3 is 2.71 bits per heavy atom. The number of aromatic nitrogens is 1. The Hall–Kier alpha value is -0.970. The van der Waals surface area contributed by atoms with Crippen molar-refractivity contribution >= 4 is 0 Å². The summed E-state index contributed by atoms with van der Waals surface area (Å²) in [5, 5.41) is 0. The minimum atomic E-state index is 0.0748. The molecule has 0 amide bonds. The van der Waals surface area contributed by atoms with Gasteiger partial charge >= 0.3 is 0 Å². The first-order valence-corrected chi connectivity index (χ1v) is 5.98. The molecule has 0 radical (unpaired) electrons. The molecule has 0 aliphatic carbocycles. The molecule has 0 aliphatic rings. The number of pyridine rings is 1. The zero-order valence-electron chi connectivity index (χ0n) is 11.2. The SMILES string of the molecule is COCCC(C)C(NN)c1ncc(C)cc1C.